The second kappa shape index (κ2) is 2.69. The molecule has 70 valence electrons. The molecule has 0 aromatic carbocycles. The van der Waals surface area contributed by atoms with Crippen LogP contribution in [0.5, 0.6) is 0 Å². The van der Waals surface area contributed by atoms with Crippen LogP contribution in [-0.2, 0) is 0 Å². The van der Waals surface area contributed by atoms with Gasteiger partial charge in [0.25, 0.3) is 0 Å². The summed E-state index contributed by atoms with van der Waals surface area (Å²) in [6.45, 7) is 1.87. The highest BCUT2D eigenvalue weighted by molar-refractivity contribution is 4.99. The first-order chi connectivity index (χ1) is 5.66. The molecule has 12 heavy (non-hydrogen) atoms. The topological polar surface area (TPSA) is 52.5 Å². The number of hydrogen-bond donors (Lipinski definition) is 3. The van der Waals surface area contributed by atoms with E-state index in [1.165, 1.54) is 0 Å². The van der Waals surface area contributed by atoms with Crippen molar-refractivity contribution >= 4 is 0 Å². The first-order valence-corrected chi connectivity index (χ1v) is 4.82. The molecule has 1 saturated carbocycles. The first kappa shape index (κ1) is 8.48. The van der Waals surface area contributed by atoms with Crippen molar-refractivity contribution in [1.82, 2.24) is 5.32 Å². The standard InChI is InChI=1S/C9H17NO2/c11-9(12)3-1-2-8(9)4-6-10-7-5-8/h10-12H,1-7H2. The van der Waals surface area contributed by atoms with Crippen LogP contribution in [0.25, 0.3) is 0 Å². The van der Waals surface area contributed by atoms with Gasteiger partial charge in [0.15, 0.2) is 5.79 Å². The minimum Gasteiger partial charge on any atom is -0.365 e. The molecule has 0 aromatic heterocycles. The molecule has 0 bridgehead atoms. The number of piperidine rings is 1. The van der Waals surface area contributed by atoms with Crippen LogP contribution in [0, 0.1) is 5.41 Å². The zero-order valence-corrected chi connectivity index (χ0v) is 7.34. The maximum absolute atomic E-state index is 9.80. The zero-order valence-electron chi connectivity index (χ0n) is 7.34. The van der Waals surface area contributed by atoms with Gasteiger partial charge in [-0.25, -0.2) is 0 Å². The number of rotatable bonds is 0. The van der Waals surface area contributed by atoms with Crippen LogP contribution in [0.1, 0.15) is 32.1 Å². The van der Waals surface area contributed by atoms with Gasteiger partial charge in [0, 0.05) is 11.8 Å². The summed E-state index contributed by atoms with van der Waals surface area (Å²) in [7, 11) is 0. The molecule has 3 heteroatoms. The van der Waals surface area contributed by atoms with Crippen molar-refractivity contribution in [2.24, 2.45) is 5.41 Å². The van der Waals surface area contributed by atoms with Gasteiger partial charge in [-0.2, -0.15) is 0 Å². The average molecular weight is 171 g/mol. The molecule has 0 atom stereocenters. The third-order valence-corrected chi connectivity index (χ3v) is 3.59. The van der Waals surface area contributed by atoms with E-state index in [4.69, 9.17) is 0 Å². The lowest BCUT2D eigenvalue weighted by Crippen LogP contribution is -2.49. The van der Waals surface area contributed by atoms with E-state index >= 15 is 0 Å². The highest BCUT2D eigenvalue weighted by atomic mass is 16.5. The van der Waals surface area contributed by atoms with Gasteiger partial charge in [-0.1, -0.05) is 0 Å². The Hall–Kier alpha value is -0.120. The highest BCUT2D eigenvalue weighted by Crippen LogP contribution is 2.50. The van der Waals surface area contributed by atoms with Gasteiger partial charge < -0.3 is 15.5 Å². The molecule has 1 saturated heterocycles. The fourth-order valence-corrected chi connectivity index (χ4v) is 2.69. The quantitative estimate of drug-likeness (QED) is 0.457. The van der Waals surface area contributed by atoms with Gasteiger partial charge in [-0.15, -0.1) is 0 Å². The maximum Gasteiger partial charge on any atom is 0.168 e. The normalized spacial score (nSPS) is 32.5. The molecule has 2 aliphatic rings. The highest BCUT2D eigenvalue weighted by Gasteiger charge is 2.52. The Balaban J connectivity index is 2.17. The predicted octanol–water partition coefficient (Wildman–Crippen LogP) is 0.221. The third kappa shape index (κ3) is 1.08. The van der Waals surface area contributed by atoms with E-state index in [9.17, 15) is 10.2 Å². The summed E-state index contributed by atoms with van der Waals surface area (Å²) < 4.78 is 0. The summed E-state index contributed by atoms with van der Waals surface area (Å²) in [4.78, 5) is 0. The van der Waals surface area contributed by atoms with Gasteiger partial charge in [0.1, 0.15) is 0 Å². The van der Waals surface area contributed by atoms with Gasteiger partial charge in [-0.05, 0) is 38.8 Å². The molecule has 0 radical (unpaired) electrons. The van der Waals surface area contributed by atoms with Gasteiger partial charge in [0.05, 0.1) is 0 Å². The van der Waals surface area contributed by atoms with Crippen molar-refractivity contribution in [3.63, 3.8) is 0 Å². The fraction of sp³-hybridized carbons (Fsp3) is 1.00. The summed E-state index contributed by atoms with van der Waals surface area (Å²) >= 11 is 0. The monoisotopic (exact) mass is 171 g/mol. The van der Waals surface area contributed by atoms with Crippen LogP contribution >= 0.6 is 0 Å². The molecule has 1 aliphatic carbocycles. The summed E-state index contributed by atoms with van der Waals surface area (Å²) in [5.41, 5.74) is -0.182. The van der Waals surface area contributed by atoms with Crippen molar-refractivity contribution in [3.05, 3.63) is 0 Å². The molecular formula is C9H17NO2. The van der Waals surface area contributed by atoms with E-state index in [1.54, 1.807) is 0 Å². The second-order valence-corrected chi connectivity index (χ2v) is 4.20. The van der Waals surface area contributed by atoms with Crippen LogP contribution < -0.4 is 5.32 Å². The van der Waals surface area contributed by atoms with Crippen LogP contribution in [0.3, 0.4) is 0 Å². The SMILES string of the molecule is OC1(O)CCCC12CCNCC2. The third-order valence-electron chi connectivity index (χ3n) is 3.59. The second-order valence-electron chi connectivity index (χ2n) is 4.20. The van der Waals surface area contributed by atoms with E-state index < -0.39 is 5.79 Å². The number of nitrogens with one attached hydrogen (secondary N) is 1. The molecule has 2 fully saturated rings. The summed E-state index contributed by atoms with van der Waals surface area (Å²) in [5.74, 6) is -1.38. The van der Waals surface area contributed by atoms with Crippen LogP contribution in [-0.4, -0.2) is 29.1 Å². The number of aliphatic hydroxyl groups is 2. The van der Waals surface area contributed by atoms with Crippen molar-refractivity contribution in [3.8, 4) is 0 Å². The Bertz CT molecular complexity index is 173. The fourth-order valence-electron chi connectivity index (χ4n) is 2.69. The zero-order chi connectivity index (χ0) is 8.66. The Morgan fingerprint density at radius 2 is 1.58 bits per heavy atom. The van der Waals surface area contributed by atoms with Crippen LogP contribution in [0.2, 0.25) is 0 Å². The van der Waals surface area contributed by atoms with E-state index in [0.29, 0.717) is 6.42 Å². The Kier molecular flexibility index (Phi) is 1.90. The molecule has 0 amide bonds. The maximum atomic E-state index is 9.80. The summed E-state index contributed by atoms with van der Waals surface area (Å²) in [6, 6.07) is 0. The first-order valence-electron chi connectivity index (χ1n) is 4.82. The van der Waals surface area contributed by atoms with E-state index in [1.807, 2.05) is 0 Å². The molecule has 2 rings (SSSR count). The van der Waals surface area contributed by atoms with Gasteiger partial charge >= 0.3 is 0 Å². The lowest BCUT2D eigenvalue weighted by Gasteiger charge is -2.41. The summed E-state index contributed by atoms with van der Waals surface area (Å²) in [5, 5.41) is 22.8. The van der Waals surface area contributed by atoms with Gasteiger partial charge in [-0.3, -0.25) is 0 Å². The Morgan fingerprint density at radius 1 is 0.917 bits per heavy atom. The van der Waals surface area contributed by atoms with Crippen molar-refractivity contribution in [2.45, 2.75) is 37.9 Å². The Labute approximate surface area is 72.8 Å². The molecule has 0 aromatic rings. The molecule has 3 N–H and O–H groups in total. The number of hydrogen-bond acceptors (Lipinski definition) is 3. The smallest absolute Gasteiger partial charge is 0.168 e. The summed E-state index contributed by atoms with van der Waals surface area (Å²) in [6.07, 6.45) is 4.35. The minimum absolute atomic E-state index is 0.182. The lowest BCUT2D eigenvalue weighted by molar-refractivity contribution is -0.233. The van der Waals surface area contributed by atoms with Crippen molar-refractivity contribution < 1.29 is 10.2 Å². The minimum atomic E-state index is -1.38. The van der Waals surface area contributed by atoms with Crippen LogP contribution in [0.4, 0.5) is 0 Å². The average Bonchev–Trinajstić information content (AvgIpc) is 2.30. The molecule has 0 unspecified atom stereocenters. The van der Waals surface area contributed by atoms with E-state index in [0.717, 1.165) is 38.8 Å². The van der Waals surface area contributed by atoms with Crippen molar-refractivity contribution in [1.29, 1.82) is 0 Å². The van der Waals surface area contributed by atoms with E-state index in [-0.39, 0.29) is 5.41 Å². The molecule has 1 heterocycles. The van der Waals surface area contributed by atoms with E-state index in [2.05, 4.69) is 5.32 Å². The molecular weight excluding hydrogens is 154 g/mol. The molecule has 1 aliphatic heterocycles. The van der Waals surface area contributed by atoms with Crippen LogP contribution in [0.15, 0.2) is 0 Å². The predicted molar refractivity (Wildman–Crippen MR) is 45.6 cm³/mol. The molecule has 3 nitrogen and oxygen atoms in total. The van der Waals surface area contributed by atoms with Gasteiger partial charge in [0.2, 0.25) is 0 Å². The largest absolute Gasteiger partial charge is 0.365 e. The lowest BCUT2D eigenvalue weighted by atomic mass is 9.74. The molecule has 1 spiro atoms. The van der Waals surface area contributed by atoms with Crippen molar-refractivity contribution in [2.75, 3.05) is 13.1 Å². The Morgan fingerprint density at radius 3 is 2.08 bits per heavy atom.